The van der Waals surface area contributed by atoms with E-state index in [4.69, 9.17) is 9.97 Å². The number of thiophene rings is 2. The molecule has 7 heterocycles. The Morgan fingerprint density at radius 3 is 1.03 bits per heavy atom. The van der Waals surface area contributed by atoms with Gasteiger partial charge in [0.1, 0.15) is 11.4 Å². The summed E-state index contributed by atoms with van der Waals surface area (Å²) < 4.78 is 59.2. The van der Waals surface area contributed by atoms with Gasteiger partial charge in [0.2, 0.25) is 0 Å². The van der Waals surface area contributed by atoms with Gasteiger partial charge in [0.25, 0.3) is 0 Å². The second-order valence-corrected chi connectivity index (χ2v) is 20.4. The Morgan fingerprint density at radius 1 is 0.368 bits per heavy atom. The molecule has 0 saturated carbocycles. The van der Waals surface area contributed by atoms with Gasteiger partial charge in [0.15, 0.2) is 0 Å². The third kappa shape index (κ3) is 18.5. The van der Waals surface area contributed by atoms with Crippen molar-refractivity contribution in [2.75, 3.05) is 0 Å². The molecule has 5 aromatic carbocycles. The van der Waals surface area contributed by atoms with Crippen LogP contribution >= 0.6 is 30.5 Å². The standard InChI is InChI=1S/C22H12N4S2.2C12H10N.2C7H8.F6P.Ir/c1-5-13-17(23-9-1)18-14(6-2-10-24-18)20-19(13)25-21(15-7-3-11-27-15)22(26-20)16-8-4-12-28-16;2*1-10-5-7-11(8-6-10)12-4-2-3-9-13-12;2*1-7-5-3-2-4-6-7;1-7(2,3,4,5)6;/h1-12H;2*2-7,9H,1H3;2*2-6H,1H3;;/q;2*-1;;;-1;+3. The van der Waals surface area contributed by atoms with Crippen molar-refractivity contribution in [2.45, 2.75) is 27.7 Å². The zero-order chi connectivity index (χ0) is 53.3. The van der Waals surface area contributed by atoms with Crippen LogP contribution in [0.15, 0.2) is 218 Å². The summed E-state index contributed by atoms with van der Waals surface area (Å²) in [7, 11) is -10.7. The molecular formula is C60H48F6IrN6PS2. The van der Waals surface area contributed by atoms with Crippen LogP contribution in [-0.2, 0) is 20.1 Å². The van der Waals surface area contributed by atoms with Crippen LogP contribution in [0.1, 0.15) is 22.3 Å². The molecule has 0 unspecified atom stereocenters. The first-order chi connectivity index (χ1) is 35.9. The van der Waals surface area contributed by atoms with Crippen LogP contribution in [0.4, 0.5) is 25.2 Å². The minimum absolute atomic E-state index is 0. The van der Waals surface area contributed by atoms with E-state index in [1.807, 2.05) is 121 Å². The van der Waals surface area contributed by atoms with Gasteiger partial charge in [-0.05, 0) is 84.5 Å². The van der Waals surface area contributed by atoms with Gasteiger partial charge >= 0.3 is 53.1 Å². The molecule has 0 aliphatic heterocycles. The molecule has 0 atom stereocenters. The first-order valence-corrected chi connectivity index (χ1v) is 26.9. The molecule has 0 N–H and O–H groups in total. The van der Waals surface area contributed by atoms with Crippen LogP contribution < -0.4 is 0 Å². The van der Waals surface area contributed by atoms with Gasteiger partial charge in [0.05, 0.1) is 31.8 Å². The molecule has 7 aromatic heterocycles. The first-order valence-electron chi connectivity index (χ1n) is 23.2. The monoisotopic (exact) mass is 1250 g/mol. The van der Waals surface area contributed by atoms with Crippen LogP contribution in [0.25, 0.3) is 76.5 Å². The van der Waals surface area contributed by atoms with E-state index < -0.39 is 7.81 Å². The van der Waals surface area contributed by atoms with Gasteiger partial charge in [-0.2, -0.15) is 0 Å². The number of aromatic nitrogens is 6. The van der Waals surface area contributed by atoms with Crippen molar-refractivity contribution in [3.8, 4) is 43.7 Å². The molecule has 76 heavy (non-hydrogen) atoms. The van der Waals surface area contributed by atoms with E-state index in [9.17, 15) is 25.2 Å². The Bertz CT molecular complexity index is 3420. The summed E-state index contributed by atoms with van der Waals surface area (Å²) in [6, 6.07) is 67.1. The van der Waals surface area contributed by atoms with Crippen molar-refractivity contribution in [1.29, 1.82) is 0 Å². The van der Waals surface area contributed by atoms with E-state index >= 15 is 0 Å². The largest absolute Gasteiger partial charge is 3.00 e. The molecule has 386 valence electrons. The quantitative estimate of drug-likeness (QED) is 0.0756. The summed E-state index contributed by atoms with van der Waals surface area (Å²) in [5, 5.41) is 6.10. The van der Waals surface area contributed by atoms with Crippen molar-refractivity contribution in [2.24, 2.45) is 0 Å². The number of halogens is 6. The van der Waals surface area contributed by atoms with Crippen molar-refractivity contribution in [3.05, 3.63) is 252 Å². The Kier molecular flexibility index (Phi) is 19.7. The van der Waals surface area contributed by atoms with Crippen molar-refractivity contribution < 1.29 is 45.3 Å². The molecule has 0 fully saturated rings. The number of rotatable bonds is 4. The third-order valence-corrected chi connectivity index (χ3v) is 12.2. The minimum Gasteiger partial charge on any atom is -0.254 e. The minimum atomic E-state index is -10.7. The molecule has 0 saturated heterocycles. The number of hydrogen-bond donors (Lipinski definition) is 0. The topological polar surface area (TPSA) is 77.3 Å². The van der Waals surface area contributed by atoms with Gasteiger partial charge < -0.3 is 9.97 Å². The van der Waals surface area contributed by atoms with E-state index in [1.54, 1.807) is 47.5 Å². The Labute approximate surface area is 458 Å². The van der Waals surface area contributed by atoms with Crippen LogP contribution in [-0.4, -0.2) is 29.9 Å². The Hall–Kier alpha value is -7.38. The molecule has 0 aliphatic carbocycles. The van der Waals surface area contributed by atoms with Gasteiger partial charge in [-0.15, -0.1) is 93.5 Å². The van der Waals surface area contributed by atoms with Gasteiger partial charge in [-0.1, -0.05) is 122 Å². The van der Waals surface area contributed by atoms with E-state index in [2.05, 4.69) is 131 Å². The predicted molar refractivity (Wildman–Crippen MR) is 299 cm³/mol. The molecular weight excluding hydrogens is 1210 g/mol. The van der Waals surface area contributed by atoms with E-state index in [-0.39, 0.29) is 20.1 Å². The fraction of sp³-hybridized carbons (Fsp3) is 0.0667. The van der Waals surface area contributed by atoms with Gasteiger partial charge in [-0.3, -0.25) is 9.97 Å². The Morgan fingerprint density at radius 2 is 0.737 bits per heavy atom. The number of benzene rings is 5. The van der Waals surface area contributed by atoms with Gasteiger partial charge in [-0.25, -0.2) is 9.97 Å². The summed E-state index contributed by atoms with van der Waals surface area (Å²) in [6.07, 6.45) is 7.19. The normalized spacial score (nSPS) is 11.4. The summed E-state index contributed by atoms with van der Waals surface area (Å²) in [5.41, 5.74) is 14.4. The van der Waals surface area contributed by atoms with E-state index in [0.29, 0.717) is 0 Å². The molecule has 12 aromatic rings. The summed E-state index contributed by atoms with van der Waals surface area (Å²) in [5.74, 6) is 0. The Balaban J connectivity index is 0.000000165. The fourth-order valence-corrected chi connectivity index (χ4v) is 8.42. The summed E-state index contributed by atoms with van der Waals surface area (Å²) in [6.45, 7) is 8.28. The molecule has 16 heteroatoms. The molecule has 0 amide bonds. The smallest absolute Gasteiger partial charge is 0.254 e. The average molecular weight is 1250 g/mol. The molecule has 6 nitrogen and oxygen atoms in total. The molecule has 0 bridgehead atoms. The summed E-state index contributed by atoms with van der Waals surface area (Å²) >= 11 is 3.36. The second kappa shape index (κ2) is 25.9. The third-order valence-electron chi connectivity index (χ3n) is 10.5. The average Bonchev–Trinajstić information content (AvgIpc) is 4.17. The molecule has 12 rings (SSSR count). The maximum Gasteiger partial charge on any atom is 3.00 e. The predicted octanol–water partition coefficient (Wildman–Crippen LogP) is 19.3. The van der Waals surface area contributed by atoms with Gasteiger partial charge in [0, 0.05) is 35.6 Å². The van der Waals surface area contributed by atoms with Crippen LogP contribution in [0.3, 0.4) is 0 Å². The first kappa shape index (κ1) is 57.9. The molecule has 0 aliphatic rings. The van der Waals surface area contributed by atoms with Crippen molar-refractivity contribution in [3.63, 3.8) is 0 Å². The zero-order valence-electron chi connectivity index (χ0n) is 41.3. The number of fused-ring (bicyclic) bond motifs is 6. The summed E-state index contributed by atoms with van der Waals surface area (Å²) in [4.78, 5) is 30.2. The van der Waals surface area contributed by atoms with Crippen LogP contribution in [0.2, 0.25) is 0 Å². The van der Waals surface area contributed by atoms with Crippen LogP contribution in [0.5, 0.6) is 0 Å². The number of aryl methyl sites for hydroxylation is 4. The number of hydrogen-bond acceptors (Lipinski definition) is 8. The SMILES string of the molecule is Cc1c[c-]c(-c2ccccn2)cc1.Cc1c[c-]c(-c2ccccn2)cc1.Cc1ccccc1.Cc1ccccc1.F[P-](F)(F)(F)(F)F.[Ir+3].c1csc(-c2nc3c4cccnc4c4ncccc4c3nc2-c2cccs2)c1. The zero-order valence-corrected chi connectivity index (χ0v) is 46.3. The second-order valence-electron chi connectivity index (χ2n) is 16.6. The molecule has 0 radical (unpaired) electrons. The number of nitrogens with zero attached hydrogens (tertiary/aromatic N) is 6. The maximum absolute atomic E-state index is 10.7. The fourth-order valence-electron chi connectivity index (χ4n) is 6.99. The van der Waals surface area contributed by atoms with E-state index in [1.165, 1.54) is 22.3 Å². The maximum atomic E-state index is 9.87. The molecule has 0 spiro atoms. The van der Waals surface area contributed by atoms with Crippen molar-refractivity contribution >= 4 is 63.3 Å². The van der Waals surface area contributed by atoms with E-state index in [0.717, 1.165) is 76.5 Å². The van der Waals surface area contributed by atoms with Crippen LogP contribution in [0, 0.1) is 39.8 Å². The van der Waals surface area contributed by atoms with Crippen molar-refractivity contribution in [1.82, 2.24) is 29.9 Å². The number of pyridine rings is 4.